The highest BCUT2D eigenvalue weighted by Gasteiger charge is 2.30. The second kappa shape index (κ2) is 4.58. The summed E-state index contributed by atoms with van der Waals surface area (Å²) < 4.78 is 0. The van der Waals surface area contributed by atoms with Gasteiger partial charge in [-0.25, -0.2) is 0 Å². The van der Waals surface area contributed by atoms with Crippen LogP contribution in [0.4, 0.5) is 0 Å². The van der Waals surface area contributed by atoms with Gasteiger partial charge in [0.2, 0.25) is 0 Å². The minimum atomic E-state index is -0.552. The molecule has 0 heterocycles. The van der Waals surface area contributed by atoms with E-state index in [1.54, 1.807) is 11.8 Å². The Balaban J connectivity index is 2.26. The Bertz CT molecular complexity index is 329. The highest BCUT2D eigenvalue weighted by Crippen LogP contribution is 2.37. The topological polar surface area (TPSA) is 20.2 Å². The Labute approximate surface area is 95.9 Å². The molecule has 1 N–H and O–H groups in total. The molecular formula is C13H18OS. The number of hydrogen-bond acceptors (Lipinski definition) is 2. The van der Waals surface area contributed by atoms with E-state index < -0.39 is 5.60 Å². The smallest absolute Gasteiger partial charge is 0.0897 e. The molecule has 0 bridgehead atoms. The average Bonchev–Trinajstić information content (AvgIpc) is 2.30. The number of aliphatic hydroxyl groups is 1. The van der Waals surface area contributed by atoms with E-state index >= 15 is 0 Å². The van der Waals surface area contributed by atoms with Crippen molar-refractivity contribution >= 4 is 11.8 Å². The molecule has 15 heavy (non-hydrogen) atoms. The van der Waals surface area contributed by atoms with E-state index in [9.17, 15) is 5.11 Å². The van der Waals surface area contributed by atoms with Crippen molar-refractivity contribution in [1.82, 2.24) is 0 Å². The number of thioether (sulfide) groups is 1. The Morgan fingerprint density at radius 3 is 2.60 bits per heavy atom. The molecule has 1 saturated carbocycles. The molecule has 1 aromatic carbocycles. The van der Waals surface area contributed by atoms with Gasteiger partial charge in [-0.05, 0) is 36.8 Å². The van der Waals surface area contributed by atoms with E-state index in [2.05, 4.69) is 24.5 Å². The number of benzene rings is 1. The van der Waals surface area contributed by atoms with E-state index in [0.717, 1.165) is 31.2 Å². The third-order valence-electron chi connectivity index (χ3n) is 3.29. The van der Waals surface area contributed by atoms with Crippen molar-refractivity contribution in [2.75, 3.05) is 6.26 Å². The summed E-state index contributed by atoms with van der Waals surface area (Å²) in [6.45, 7) is 0. The zero-order chi connectivity index (χ0) is 10.7. The first-order valence-corrected chi connectivity index (χ1v) is 6.84. The van der Waals surface area contributed by atoms with Gasteiger partial charge in [-0.2, -0.15) is 0 Å². The maximum absolute atomic E-state index is 10.6. The van der Waals surface area contributed by atoms with E-state index in [0.29, 0.717) is 0 Å². The molecule has 0 atom stereocenters. The van der Waals surface area contributed by atoms with Gasteiger partial charge >= 0.3 is 0 Å². The first-order chi connectivity index (χ1) is 7.24. The van der Waals surface area contributed by atoms with Crippen LogP contribution in [0, 0.1) is 0 Å². The molecule has 1 aliphatic carbocycles. The second-order valence-corrected chi connectivity index (χ2v) is 5.20. The van der Waals surface area contributed by atoms with Crippen LogP contribution in [0.15, 0.2) is 29.2 Å². The highest BCUT2D eigenvalue weighted by molar-refractivity contribution is 7.98. The summed E-state index contributed by atoms with van der Waals surface area (Å²) in [6, 6.07) is 8.34. The molecule has 2 heteroatoms. The van der Waals surface area contributed by atoms with E-state index in [1.807, 2.05) is 6.07 Å². The molecule has 1 fully saturated rings. The van der Waals surface area contributed by atoms with Crippen LogP contribution < -0.4 is 0 Å². The molecule has 0 aliphatic heterocycles. The SMILES string of the molecule is CSc1cccc(C2(O)CCCCC2)c1. The lowest BCUT2D eigenvalue weighted by Crippen LogP contribution is -2.28. The fourth-order valence-corrected chi connectivity index (χ4v) is 2.80. The van der Waals surface area contributed by atoms with Crippen LogP contribution in [0.3, 0.4) is 0 Å². The molecule has 0 saturated heterocycles. The Kier molecular flexibility index (Phi) is 3.37. The lowest BCUT2D eigenvalue weighted by atomic mass is 9.80. The van der Waals surface area contributed by atoms with Gasteiger partial charge in [0.05, 0.1) is 5.60 Å². The van der Waals surface area contributed by atoms with Crippen LogP contribution in [0.1, 0.15) is 37.7 Å². The zero-order valence-corrected chi connectivity index (χ0v) is 10.0. The molecule has 1 aliphatic rings. The summed E-state index contributed by atoms with van der Waals surface area (Å²) in [6.07, 6.45) is 7.49. The minimum Gasteiger partial charge on any atom is -0.385 e. The summed E-state index contributed by atoms with van der Waals surface area (Å²) in [4.78, 5) is 1.24. The maximum atomic E-state index is 10.6. The molecule has 82 valence electrons. The van der Waals surface area contributed by atoms with Gasteiger partial charge in [0, 0.05) is 4.90 Å². The first kappa shape index (κ1) is 11.0. The molecule has 0 spiro atoms. The fraction of sp³-hybridized carbons (Fsp3) is 0.538. The van der Waals surface area contributed by atoms with Crippen LogP contribution >= 0.6 is 11.8 Å². The minimum absolute atomic E-state index is 0.552. The van der Waals surface area contributed by atoms with Crippen molar-refractivity contribution in [2.24, 2.45) is 0 Å². The number of hydrogen-bond donors (Lipinski definition) is 1. The normalized spacial score (nSPS) is 20.1. The lowest BCUT2D eigenvalue weighted by molar-refractivity contribution is -0.000803. The third-order valence-corrected chi connectivity index (χ3v) is 4.01. The van der Waals surface area contributed by atoms with Crippen LogP contribution in [-0.4, -0.2) is 11.4 Å². The van der Waals surface area contributed by atoms with Gasteiger partial charge in [-0.3, -0.25) is 0 Å². The highest BCUT2D eigenvalue weighted by atomic mass is 32.2. The fourth-order valence-electron chi connectivity index (χ4n) is 2.34. The average molecular weight is 222 g/mol. The number of rotatable bonds is 2. The summed E-state index contributed by atoms with van der Waals surface area (Å²) in [5.74, 6) is 0. The van der Waals surface area contributed by atoms with E-state index in [-0.39, 0.29) is 0 Å². The van der Waals surface area contributed by atoms with Crippen molar-refractivity contribution in [1.29, 1.82) is 0 Å². The van der Waals surface area contributed by atoms with Gasteiger partial charge in [-0.1, -0.05) is 31.4 Å². The van der Waals surface area contributed by atoms with Gasteiger partial charge < -0.3 is 5.11 Å². The van der Waals surface area contributed by atoms with E-state index in [1.165, 1.54) is 11.3 Å². The van der Waals surface area contributed by atoms with Crippen molar-refractivity contribution < 1.29 is 5.11 Å². The molecule has 0 radical (unpaired) electrons. The Hall–Kier alpha value is -0.470. The van der Waals surface area contributed by atoms with Crippen molar-refractivity contribution in [2.45, 2.75) is 42.6 Å². The standard InChI is InChI=1S/C13H18OS/c1-15-12-7-5-6-11(10-12)13(14)8-3-2-4-9-13/h5-7,10,14H,2-4,8-9H2,1H3. The molecule has 1 aromatic rings. The summed E-state index contributed by atoms with van der Waals surface area (Å²) in [5.41, 5.74) is 0.554. The predicted molar refractivity (Wildman–Crippen MR) is 65.2 cm³/mol. The van der Waals surface area contributed by atoms with Crippen LogP contribution in [0.25, 0.3) is 0 Å². The Morgan fingerprint density at radius 1 is 1.20 bits per heavy atom. The summed E-state index contributed by atoms with van der Waals surface area (Å²) in [7, 11) is 0. The third kappa shape index (κ3) is 2.37. The largest absolute Gasteiger partial charge is 0.385 e. The zero-order valence-electron chi connectivity index (χ0n) is 9.20. The first-order valence-electron chi connectivity index (χ1n) is 5.61. The predicted octanol–water partition coefficient (Wildman–Crippen LogP) is 3.56. The molecule has 0 amide bonds. The van der Waals surface area contributed by atoms with Gasteiger partial charge in [0.15, 0.2) is 0 Å². The summed E-state index contributed by atoms with van der Waals surface area (Å²) >= 11 is 1.73. The molecule has 0 aromatic heterocycles. The van der Waals surface area contributed by atoms with E-state index in [4.69, 9.17) is 0 Å². The maximum Gasteiger partial charge on any atom is 0.0897 e. The molecule has 1 nitrogen and oxygen atoms in total. The van der Waals surface area contributed by atoms with Gasteiger partial charge in [-0.15, -0.1) is 11.8 Å². The lowest BCUT2D eigenvalue weighted by Gasteiger charge is -2.32. The van der Waals surface area contributed by atoms with Crippen LogP contribution in [-0.2, 0) is 5.60 Å². The Morgan fingerprint density at radius 2 is 1.93 bits per heavy atom. The van der Waals surface area contributed by atoms with Crippen molar-refractivity contribution in [3.8, 4) is 0 Å². The van der Waals surface area contributed by atoms with Crippen molar-refractivity contribution in [3.05, 3.63) is 29.8 Å². The van der Waals surface area contributed by atoms with Gasteiger partial charge in [0.25, 0.3) is 0 Å². The molecule has 2 rings (SSSR count). The second-order valence-electron chi connectivity index (χ2n) is 4.32. The van der Waals surface area contributed by atoms with Crippen LogP contribution in [0.2, 0.25) is 0 Å². The van der Waals surface area contributed by atoms with Crippen LogP contribution in [0.5, 0.6) is 0 Å². The molecule has 0 unspecified atom stereocenters. The monoisotopic (exact) mass is 222 g/mol. The molecular weight excluding hydrogens is 204 g/mol. The summed E-state index contributed by atoms with van der Waals surface area (Å²) in [5, 5.41) is 10.6. The van der Waals surface area contributed by atoms with Crippen molar-refractivity contribution in [3.63, 3.8) is 0 Å². The quantitative estimate of drug-likeness (QED) is 0.772. The van der Waals surface area contributed by atoms with Gasteiger partial charge in [0.1, 0.15) is 0 Å².